The summed E-state index contributed by atoms with van der Waals surface area (Å²) in [6, 6.07) is 0. The summed E-state index contributed by atoms with van der Waals surface area (Å²) in [5, 5.41) is 13.2. The van der Waals surface area contributed by atoms with Crippen LogP contribution in [0.5, 0.6) is 0 Å². The normalized spacial score (nSPS) is 10.2. The predicted octanol–water partition coefficient (Wildman–Crippen LogP) is -0.334. The fraction of sp³-hybridized carbons (Fsp3) is 0.667. The van der Waals surface area contributed by atoms with Crippen molar-refractivity contribution >= 4 is 6.21 Å². The van der Waals surface area contributed by atoms with Crippen molar-refractivity contribution in [3.63, 3.8) is 0 Å². The van der Waals surface area contributed by atoms with Gasteiger partial charge in [0.1, 0.15) is 0 Å². The molecule has 0 radical (unpaired) electrons. The second-order valence-electron chi connectivity index (χ2n) is 0.856. The number of hydrogen-bond acceptors (Lipinski definition) is 3. The van der Waals surface area contributed by atoms with E-state index in [1.165, 1.54) is 6.21 Å². The Hall–Kier alpha value is -0.570. The summed E-state index contributed by atoms with van der Waals surface area (Å²) in [6.07, 6.45) is 1.38. The second-order valence-corrected chi connectivity index (χ2v) is 0.856. The lowest BCUT2D eigenvalue weighted by Gasteiger charge is -1.80. The summed E-state index contributed by atoms with van der Waals surface area (Å²) in [4.78, 5) is 0. The molecule has 0 aliphatic rings. The van der Waals surface area contributed by atoms with E-state index in [1.54, 1.807) is 7.05 Å². The van der Waals surface area contributed by atoms with Gasteiger partial charge in [0.25, 0.3) is 0 Å². The van der Waals surface area contributed by atoms with Gasteiger partial charge in [-0.3, -0.25) is 0 Å². The monoisotopic (exact) mass is 88.1 g/mol. The molecule has 0 atom stereocenters. The Labute approximate surface area is 36.7 Å². The molecule has 0 aromatic rings. The van der Waals surface area contributed by atoms with Gasteiger partial charge in [-0.15, -0.1) is 5.16 Å². The molecule has 0 unspecified atom stereocenters. The standard InChI is InChI=1S/C3H8N2O/c1-4-2-3-5-6/h3-4,6H,2H2,1H3/b5-3-. The van der Waals surface area contributed by atoms with Crippen LogP contribution in [-0.2, 0) is 0 Å². The summed E-state index contributed by atoms with van der Waals surface area (Å²) in [7, 11) is 1.78. The molecule has 0 heterocycles. The Bertz CT molecular complexity index is 44.1. The van der Waals surface area contributed by atoms with Gasteiger partial charge in [0.2, 0.25) is 0 Å². The van der Waals surface area contributed by atoms with E-state index in [1.807, 2.05) is 0 Å². The van der Waals surface area contributed by atoms with Crippen LogP contribution in [0.4, 0.5) is 0 Å². The highest BCUT2D eigenvalue weighted by molar-refractivity contribution is 5.58. The molecule has 2 N–H and O–H groups in total. The van der Waals surface area contributed by atoms with Gasteiger partial charge in [-0.1, -0.05) is 0 Å². The van der Waals surface area contributed by atoms with E-state index in [0.717, 1.165) is 0 Å². The van der Waals surface area contributed by atoms with Gasteiger partial charge in [-0.25, -0.2) is 0 Å². The maximum Gasteiger partial charge on any atom is 0.0573 e. The van der Waals surface area contributed by atoms with Gasteiger partial charge in [0.05, 0.1) is 6.21 Å². The fourth-order valence-electron chi connectivity index (χ4n) is 0.132. The van der Waals surface area contributed by atoms with Crippen molar-refractivity contribution in [2.75, 3.05) is 13.6 Å². The quantitative estimate of drug-likeness (QED) is 0.276. The van der Waals surface area contributed by atoms with Crippen molar-refractivity contribution < 1.29 is 5.21 Å². The van der Waals surface area contributed by atoms with E-state index in [4.69, 9.17) is 5.21 Å². The minimum absolute atomic E-state index is 0.622. The number of oxime groups is 1. The van der Waals surface area contributed by atoms with Crippen LogP contribution in [0.3, 0.4) is 0 Å². The minimum Gasteiger partial charge on any atom is -0.411 e. The lowest BCUT2D eigenvalue weighted by Crippen LogP contribution is -2.07. The van der Waals surface area contributed by atoms with Crippen LogP contribution in [0.15, 0.2) is 5.16 Å². The van der Waals surface area contributed by atoms with Gasteiger partial charge in [0, 0.05) is 6.54 Å². The highest BCUT2D eigenvalue weighted by Crippen LogP contribution is 1.45. The molecule has 0 spiro atoms. The first kappa shape index (κ1) is 5.43. The number of nitrogens with zero attached hydrogens (tertiary/aromatic N) is 1. The predicted molar refractivity (Wildman–Crippen MR) is 24.2 cm³/mol. The molecular formula is C3H8N2O. The number of rotatable bonds is 2. The van der Waals surface area contributed by atoms with Crippen LogP contribution in [0, 0.1) is 0 Å². The van der Waals surface area contributed by atoms with Crippen molar-refractivity contribution in [1.29, 1.82) is 0 Å². The third-order valence-corrected chi connectivity index (χ3v) is 0.377. The largest absolute Gasteiger partial charge is 0.411 e. The average molecular weight is 88.1 g/mol. The van der Waals surface area contributed by atoms with E-state index in [9.17, 15) is 0 Å². The molecule has 0 fully saturated rings. The molecule has 0 aromatic heterocycles. The molecule has 0 amide bonds. The molecule has 0 saturated heterocycles. The van der Waals surface area contributed by atoms with Gasteiger partial charge in [-0.05, 0) is 7.05 Å². The summed E-state index contributed by atoms with van der Waals surface area (Å²) in [5.41, 5.74) is 0. The third kappa shape index (κ3) is 3.43. The first-order chi connectivity index (χ1) is 2.91. The summed E-state index contributed by atoms with van der Waals surface area (Å²) in [6.45, 7) is 0.622. The molecule has 3 nitrogen and oxygen atoms in total. The van der Waals surface area contributed by atoms with Crippen LogP contribution in [0.2, 0.25) is 0 Å². The molecule has 0 aliphatic carbocycles. The van der Waals surface area contributed by atoms with Crippen molar-refractivity contribution in [2.45, 2.75) is 0 Å². The first-order valence-electron chi connectivity index (χ1n) is 1.72. The molecular weight excluding hydrogens is 80.0 g/mol. The Morgan fingerprint density at radius 1 is 2.00 bits per heavy atom. The van der Waals surface area contributed by atoms with E-state index in [-0.39, 0.29) is 0 Å². The zero-order valence-corrected chi connectivity index (χ0v) is 3.68. The van der Waals surface area contributed by atoms with Crippen LogP contribution in [0.25, 0.3) is 0 Å². The highest BCUT2D eigenvalue weighted by atomic mass is 16.4. The van der Waals surface area contributed by atoms with Gasteiger partial charge < -0.3 is 10.5 Å². The SMILES string of the molecule is CNC/C=N\O. The van der Waals surface area contributed by atoms with Crippen molar-refractivity contribution in [3.8, 4) is 0 Å². The third-order valence-electron chi connectivity index (χ3n) is 0.377. The highest BCUT2D eigenvalue weighted by Gasteiger charge is 1.63. The Kier molecular flexibility index (Phi) is 4.01. The number of hydrogen-bond donors (Lipinski definition) is 2. The second kappa shape index (κ2) is 4.43. The topological polar surface area (TPSA) is 44.6 Å². The Morgan fingerprint density at radius 3 is 2.83 bits per heavy atom. The zero-order chi connectivity index (χ0) is 4.83. The van der Waals surface area contributed by atoms with Crippen LogP contribution in [-0.4, -0.2) is 25.0 Å². The van der Waals surface area contributed by atoms with E-state index in [0.29, 0.717) is 6.54 Å². The molecule has 0 bridgehead atoms. The van der Waals surface area contributed by atoms with Crippen LogP contribution >= 0.6 is 0 Å². The maximum absolute atomic E-state index is 7.73. The fourth-order valence-corrected chi connectivity index (χ4v) is 0.132. The van der Waals surface area contributed by atoms with Crippen molar-refractivity contribution in [2.24, 2.45) is 5.16 Å². The molecule has 0 aromatic carbocycles. The Morgan fingerprint density at radius 2 is 2.67 bits per heavy atom. The van der Waals surface area contributed by atoms with Gasteiger partial charge in [-0.2, -0.15) is 0 Å². The van der Waals surface area contributed by atoms with Crippen molar-refractivity contribution in [3.05, 3.63) is 0 Å². The molecule has 3 heteroatoms. The lowest BCUT2D eigenvalue weighted by molar-refractivity contribution is 0.320. The summed E-state index contributed by atoms with van der Waals surface area (Å²) >= 11 is 0. The van der Waals surface area contributed by atoms with Crippen LogP contribution < -0.4 is 5.32 Å². The van der Waals surface area contributed by atoms with Gasteiger partial charge in [0.15, 0.2) is 0 Å². The molecule has 36 valence electrons. The maximum atomic E-state index is 7.73. The zero-order valence-electron chi connectivity index (χ0n) is 3.68. The molecule has 0 saturated carbocycles. The van der Waals surface area contributed by atoms with E-state index < -0.39 is 0 Å². The van der Waals surface area contributed by atoms with E-state index >= 15 is 0 Å². The van der Waals surface area contributed by atoms with E-state index in [2.05, 4.69) is 10.5 Å². The average Bonchev–Trinajstić information content (AvgIpc) is 1.61. The number of nitrogens with one attached hydrogen (secondary N) is 1. The molecule has 0 aliphatic heterocycles. The molecule has 0 rings (SSSR count). The van der Waals surface area contributed by atoms with Crippen molar-refractivity contribution in [1.82, 2.24) is 5.32 Å². The summed E-state index contributed by atoms with van der Waals surface area (Å²) in [5.74, 6) is 0. The van der Waals surface area contributed by atoms with Gasteiger partial charge >= 0.3 is 0 Å². The summed E-state index contributed by atoms with van der Waals surface area (Å²) < 4.78 is 0. The molecule has 6 heavy (non-hydrogen) atoms. The minimum atomic E-state index is 0.622. The smallest absolute Gasteiger partial charge is 0.0573 e. The lowest BCUT2D eigenvalue weighted by atomic mass is 10.7. The van der Waals surface area contributed by atoms with Crippen LogP contribution in [0.1, 0.15) is 0 Å². The first-order valence-corrected chi connectivity index (χ1v) is 1.72. The Balaban J connectivity index is 2.66.